The van der Waals surface area contributed by atoms with E-state index in [-0.39, 0.29) is 32.2 Å². The Bertz CT molecular complexity index is 1730. The molecule has 0 aliphatic rings. The number of aromatic hydroxyl groups is 1. The molecule has 5 heteroatoms. The molecule has 4 aromatic carbocycles. The van der Waals surface area contributed by atoms with E-state index in [4.69, 9.17) is 4.98 Å². The fraction of sp³-hybridized carbons (Fsp3) is 0.0811. The molecule has 4 nitrogen and oxygen atoms in total. The van der Waals surface area contributed by atoms with Gasteiger partial charge >= 0.3 is 0 Å². The van der Waals surface area contributed by atoms with Crippen molar-refractivity contribution in [1.82, 2.24) is 9.97 Å². The summed E-state index contributed by atoms with van der Waals surface area (Å²) in [6.45, 7) is 4.36. The molecule has 0 bridgehead atoms. The Hall–Kier alpha value is -4.53. The molecule has 210 valence electrons. The number of hydrogen-bond donors (Lipinski definition) is 1. The van der Waals surface area contributed by atoms with Crippen LogP contribution in [-0.2, 0) is 26.5 Å². The molecule has 0 unspecified atom stereocenters. The summed E-state index contributed by atoms with van der Waals surface area (Å²) in [6.07, 6.45) is 1.79. The molecule has 0 atom stereocenters. The van der Waals surface area contributed by atoms with Crippen molar-refractivity contribution in [3.8, 4) is 28.3 Å². The van der Waals surface area contributed by atoms with Crippen LogP contribution >= 0.6 is 0 Å². The minimum atomic E-state index is -0.349. The van der Waals surface area contributed by atoms with E-state index in [0.29, 0.717) is 5.69 Å². The quantitative estimate of drug-likeness (QED) is 0.167. The van der Waals surface area contributed by atoms with Crippen molar-refractivity contribution in [2.45, 2.75) is 19.3 Å². The Labute approximate surface area is 261 Å². The van der Waals surface area contributed by atoms with Crippen molar-refractivity contribution >= 4 is 17.2 Å². The van der Waals surface area contributed by atoms with Crippen LogP contribution in [0.5, 0.6) is 5.75 Å². The standard InChI is InChI=1S/C37H30N3O.Pt/c1-37(2,28-15-5-3-6-16-28)31-20-12-23-34(41)36(31)33-22-13-21-32(39-33)27-14-11-19-30(26-27)40(29-17-7-4-8-18-29)35-24-9-10-25-38-35;/h3-25,41H,1-2H3;/q-1;. The largest absolute Gasteiger partial charge is 0.507 e. The zero-order chi connectivity index (χ0) is 28.2. The molecule has 0 radical (unpaired) electrons. The Balaban J connectivity index is 0.00000353. The van der Waals surface area contributed by atoms with E-state index in [1.54, 1.807) is 12.3 Å². The van der Waals surface area contributed by atoms with Crippen molar-refractivity contribution in [3.05, 3.63) is 157 Å². The third-order valence-electron chi connectivity index (χ3n) is 7.41. The minimum absolute atomic E-state index is 0. The van der Waals surface area contributed by atoms with Gasteiger partial charge in [-0.05, 0) is 58.9 Å². The van der Waals surface area contributed by atoms with Gasteiger partial charge in [-0.3, -0.25) is 4.98 Å². The van der Waals surface area contributed by atoms with Crippen LogP contribution in [0.2, 0.25) is 0 Å². The summed E-state index contributed by atoms with van der Waals surface area (Å²) in [7, 11) is 0. The zero-order valence-corrected chi connectivity index (χ0v) is 25.7. The molecule has 2 aromatic heterocycles. The van der Waals surface area contributed by atoms with Crippen molar-refractivity contribution in [1.29, 1.82) is 0 Å². The molecule has 1 N–H and O–H groups in total. The third kappa shape index (κ3) is 5.77. The molecule has 2 heterocycles. The smallest absolute Gasteiger partial charge is 0.136 e. The number of phenols is 1. The molecule has 42 heavy (non-hydrogen) atoms. The molecular formula is C37H30N3OPt-. The van der Waals surface area contributed by atoms with Crippen LogP contribution in [0.4, 0.5) is 17.2 Å². The fourth-order valence-electron chi connectivity index (χ4n) is 5.26. The van der Waals surface area contributed by atoms with Crippen LogP contribution in [0.3, 0.4) is 0 Å². The Morgan fingerprint density at radius 3 is 2.07 bits per heavy atom. The van der Waals surface area contributed by atoms with Gasteiger partial charge in [0.2, 0.25) is 0 Å². The van der Waals surface area contributed by atoms with Gasteiger partial charge in [0, 0.05) is 43.9 Å². The number of nitrogens with zero attached hydrogens (tertiary/aromatic N) is 3. The third-order valence-corrected chi connectivity index (χ3v) is 7.41. The molecule has 6 rings (SSSR count). The topological polar surface area (TPSA) is 49.2 Å². The summed E-state index contributed by atoms with van der Waals surface area (Å²) >= 11 is 0. The predicted molar refractivity (Wildman–Crippen MR) is 167 cm³/mol. The maximum atomic E-state index is 11.1. The average molecular weight is 728 g/mol. The van der Waals surface area contributed by atoms with Crippen molar-refractivity contribution in [3.63, 3.8) is 0 Å². The van der Waals surface area contributed by atoms with Crippen LogP contribution in [0.15, 0.2) is 140 Å². The van der Waals surface area contributed by atoms with Gasteiger partial charge in [-0.25, -0.2) is 4.98 Å². The van der Waals surface area contributed by atoms with E-state index in [0.717, 1.165) is 39.6 Å². The molecule has 0 saturated heterocycles. The first kappa shape index (κ1) is 29.0. The molecule has 0 amide bonds. The maximum Gasteiger partial charge on any atom is 0.136 e. The predicted octanol–water partition coefficient (Wildman–Crippen LogP) is 9.11. The molecule has 6 aromatic rings. The number of rotatable bonds is 7. The molecule has 0 saturated carbocycles. The SMILES string of the molecule is CC(C)(c1ccccc1)c1cccc(O)c1-c1cccc(-c2[c-]c(N(c3ccccc3)c3ccccn3)ccc2)n1.[Pt]. The Morgan fingerprint density at radius 2 is 1.33 bits per heavy atom. The summed E-state index contributed by atoms with van der Waals surface area (Å²) in [5, 5.41) is 11.1. The number of para-hydroxylation sites is 1. The van der Waals surface area contributed by atoms with Gasteiger partial charge in [0.15, 0.2) is 0 Å². The molecule has 0 aliphatic heterocycles. The summed E-state index contributed by atoms with van der Waals surface area (Å²) in [6, 6.07) is 47.6. The van der Waals surface area contributed by atoms with E-state index >= 15 is 0 Å². The summed E-state index contributed by atoms with van der Waals surface area (Å²) < 4.78 is 0. The van der Waals surface area contributed by atoms with Crippen LogP contribution in [0.25, 0.3) is 22.5 Å². The summed E-state index contributed by atoms with van der Waals surface area (Å²) in [5.74, 6) is 1.01. The second-order valence-electron chi connectivity index (χ2n) is 10.4. The number of pyridine rings is 2. The Kier molecular flexibility index (Phi) is 8.66. The van der Waals surface area contributed by atoms with Crippen molar-refractivity contribution < 1.29 is 26.2 Å². The van der Waals surface area contributed by atoms with Crippen LogP contribution < -0.4 is 4.90 Å². The van der Waals surface area contributed by atoms with E-state index in [2.05, 4.69) is 60.1 Å². The van der Waals surface area contributed by atoms with E-state index in [1.807, 2.05) is 97.1 Å². The van der Waals surface area contributed by atoms with E-state index < -0.39 is 0 Å². The molecule has 0 aliphatic carbocycles. The van der Waals surface area contributed by atoms with Gasteiger partial charge in [-0.1, -0.05) is 92.7 Å². The van der Waals surface area contributed by atoms with Gasteiger partial charge in [-0.15, -0.1) is 29.8 Å². The number of anilines is 3. The maximum absolute atomic E-state index is 11.1. The van der Waals surface area contributed by atoms with Gasteiger partial charge in [-0.2, -0.15) is 0 Å². The first-order valence-corrected chi connectivity index (χ1v) is 13.7. The first-order valence-electron chi connectivity index (χ1n) is 13.7. The van der Waals surface area contributed by atoms with Crippen LogP contribution in [0, 0.1) is 6.07 Å². The van der Waals surface area contributed by atoms with Crippen LogP contribution in [0.1, 0.15) is 25.0 Å². The number of aromatic nitrogens is 2. The average Bonchev–Trinajstić information content (AvgIpc) is 3.03. The van der Waals surface area contributed by atoms with Gasteiger partial charge in [0.05, 0.1) is 5.69 Å². The first-order chi connectivity index (χ1) is 20.0. The van der Waals surface area contributed by atoms with E-state index in [1.165, 1.54) is 5.56 Å². The van der Waals surface area contributed by atoms with Gasteiger partial charge in [0.1, 0.15) is 11.6 Å². The normalized spacial score (nSPS) is 11.0. The van der Waals surface area contributed by atoms with Crippen molar-refractivity contribution in [2.75, 3.05) is 4.90 Å². The zero-order valence-electron chi connectivity index (χ0n) is 23.4. The molecule has 0 spiro atoms. The monoisotopic (exact) mass is 727 g/mol. The Morgan fingerprint density at radius 1 is 0.667 bits per heavy atom. The van der Waals surface area contributed by atoms with Gasteiger partial charge in [0.25, 0.3) is 0 Å². The second-order valence-corrected chi connectivity index (χ2v) is 10.4. The minimum Gasteiger partial charge on any atom is -0.507 e. The van der Waals surface area contributed by atoms with Gasteiger partial charge < -0.3 is 10.0 Å². The van der Waals surface area contributed by atoms with Crippen molar-refractivity contribution in [2.24, 2.45) is 0 Å². The number of benzene rings is 4. The molecule has 0 fully saturated rings. The number of hydrogen-bond acceptors (Lipinski definition) is 4. The fourth-order valence-corrected chi connectivity index (χ4v) is 5.26. The second kappa shape index (κ2) is 12.5. The summed E-state index contributed by atoms with van der Waals surface area (Å²) in [5.41, 5.74) is 6.73. The van der Waals surface area contributed by atoms with Crippen LogP contribution in [-0.4, -0.2) is 15.1 Å². The van der Waals surface area contributed by atoms with E-state index in [9.17, 15) is 5.11 Å². The number of phenolic OH excluding ortho intramolecular Hbond substituents is 1. The molecular weight excluding hydrogens is 698 g/mol. The summed E-state index contributed by atoms with van der Waals surface area (Å²) in [4.78, 5) is 11.8.